The van der Waals surface area contributed by atoms with Gasteiger partial charge in [-0.05, 0) is 31.5 Å². The van der Waals surface area contributed by atoms with Crippen LogP contribution in [0.5, 0.6) is 0 Å². The topological polar surface area (TPSA) is 85.8 Å². The van der Waals surface area contributed by atoms with Gasteiger partial charge in [0.25, 0.3) is 0 Å². The minimum absolute atomic E-state index is 0.436. The van der Waals surface area contributed by atoms with Crippen LogP contribution in [0.1, 0.15) is 32.9 Å². The summed E-state index contributed by atoms with van der Waals surface area (Å²) in [5.74, 6) is 0.152. The van der Waals surface area contributed by atoms with Crippen LogP contribution in [0.4, 0.5) is 5.82 Å². The van der Waals surface area contributed by atoms with Crippen molar-refractivity contribution in [2.24, 2.45) is 5.73 Å². The Hall–Kier alpha value is -3.15. The van der Waals surface area contributed by atoms with Crippen LogP contribution in [-0.4, -0.2) is 20.7 Å². The fourth-order valence-corrected chi connectivity index (χ4v) is 2.76. The monoisotopic (exact) mass is 335 g/mol. The second kappa shape index (κ2) is 7.17. The van der Waals surface area contributed by atoms with E-state index in [4.69, 9.17) is 5.73 Å². The van der Waals surface area contributed by atoms with Crippen molar-refractivity contribution in [3.8, 4) is 0 Å². The van der Waals surface area contributed by atoms with Crippen LogP contribution in [0.25, 0.3) is 0 Å². The second-order valence-electron chi connectivity index (χ2n) is 5.94. The van der Waals surface area contributed by atoms with E-state index in [1.807, 2.05) is 29.8 Å². The van der Waals surface area contributed by atoms with Crippen molar-refractivity contribution >= 4 is 11.7 Å². The van der Waals surface area contributed by atoms with Crippen molar-refractivity contribution in [2.75, 3.05) is 5.32 Å². The maximum absolute atomic E-state index is 11.3. The lowest BCUT2D eigenvalue weighted by Crippen LogP contribution is -2.12. The Kier molecular flexibility index (Phi) is 4.79. The minimum Gasteiger partial charge on any atom is -0.366 e. The molecule has 0 radical (unpaired) electrons. The van der Waals surface area contributed by atoms with E-state index in [2.05, 4.69) is 34.5 Å². The molecular formula is C19H21N5O. The number of hydrogen-bond acceptors (Lipinski definition) is 4. The third-order valence-corrected chi connectivity index (χ3v) is 4.20. The molecule has 0 fully saturated rings. The lowest BCUT2D eigenvalue weighted by Gasteiger charge is -2.08. The molecule has 0 aliphatic heterocycles. The van der Waals surface area contributed by atoms with E-state index in [9.17, 15) is 4.79 Å². The van der Waals surface area contributed by atoms with Crippen LogP contribution in [0.15, 0.2) is 48.7 Å². The molecule has 0 aliphatic rings. The molecule has 128 valence electrons. The van der Waals surface area contributed by atoms with Gasteiger partial charge in [0.15, 0.2) is 0 Å². The first-order valence-electron chi connectivity index (χ1n) is 8.11. The maximum atomic E-state index is 11.3. The van der Waals surface area contributed by atoms with E-state index in [-0.39, 0.29) is 0 Å². The zero-order valence-corrected chi connectivity index (χ0v) is 14.4. The van der Waals surface area contributed by atoms with Gasteiger partial charge in [-0.15, -0.1) is 0 Å². The molecule has 25 heavy (non-hydrogen) atoms. The molecule has 0 spiro atoms. The number of anilines is 1. The van der Waals surface area contributed by atoms with Crippen molar-refractivity contribution in [3.05, 3.63) is 76.7 Å². The molecule has 3 N–H and O–H groups in total. The van der Waals surface area contributed by atoms with Gasteiger partial charge in [0.2, 0.25) is 5.91 Å². The number of benzene rings is 1. The van der Waals surface area contributed by atoms with E-state index in [1.54, 1.807) is 18.3 Å². The Balaban J connectivity index is 1.75. The van der Waals surface area contributed by atoms with Gasteiger partial charge >= 0.3 is 0 Å². The summed E-state index contributed by atoms with van der Waals surface area (Å²) in [5, 5.41) is 7.89. The maximum Gasteiger partial charge on any atom is 0.248 e. The summed E-state index contributed by atoms with van der Waals surface area (Å²) in [5.41, 5.74) is 10.2. The smallest absolute Gasteiger partial charge is 0.248 e. The van der Waals surface area contributed by atoms with Gasteiger partial charge in [0, 0.05) is 29.6 Å². The fraction of sp³-hybridized carbons (Fsp3) is 0.211. The summed E-state index contributed by atoms with van der Waals surface area (Å²) < 4.78 is 2.01. The predicted molar refractivity (Wildman–Crippen MR) is 97.3 cm³/mol. The van der Waals surface area contributed by atoms with E-state index < -0.39 is 5.91 Å². The molecule has 3 rings (SSSR count). The minimum atomic E-state index is -0.464. The van der Waals surface area contributed by atoms with Crippen LogP contribution in [0, 0.1) is 13.8 Å². The number of hydrogen-bond donors (Lipinski definition) is 2. The van der Waals surface area contributed by atoms with Crippen LogP contribution < -0.4 is 11.1 Å². The molecule has 0 atom stereocenters. The summed E-state index contributed by atoms with van der Waals surface area (Å²) in [4.78, 5) is 15.5. The Labute approximate surface area is 146 Å². The third-order valence-electron chi connectivity index (χ3n) is 4.20. The van der Waals surface area contributed by atoms with E-state index in [0.29, 0.717) is 17.9 Å². The molecule has 0 unspecified atom stereocenters. The van der Waals surface area contributed by atoms with Crippen LogP contribution >= 0.6 is 0 Å². The molecule has 0 bridgehead atoms. The van der Waals surface area contributed by atoms with Crippen molar-refractivity contribution in [2.45, 2.75) is 26.9 Å². The Morgan fingerprint density at radius 2 is 1.96 bits per heavy atom. The first-order chi connectivity index (χ1) is 12.0. The number of primary amides is 1. The molecule has 6 heteroatoms. The van der Waals surface area contributed by atoms with Gasteiger partial charge in [-0.2, -0.15) is 5.10 Å². The number of carbonyl (C=O) groups is 1. The molecule has 1 amide bonds. The highest BCUT2D eigenvalue weighted by Crippen LogP contribution is 2.17. The largest absolute Gasteiger partial charge is 0.366 e. The van der Waals surface area contributed by atoms with Crippen molar-refractivity contribution < 1.29 is 4.79 Å². The van der Waals surface area contributed by atoms with Crippen molar-refractivity contribution in [1.82, 2.24) is 14.8 Å². The van der Waals surface area contributed by atoms with Gasteiger partial charge in [-0.25, -0.2) is 4.98 Å². The highest BCUT2D eigenvalue weighted by molar-refractivity contribution is 5.93. The fourth-order valence-electron chi connectivity index (χ4n) is 2.76. The number of nitrogens with zero attached hydrogens (tertiary/aromatic N) is 3. The molecular weight excluding hydrogens is 314 g/mol. The highest BCUT2D eigenvalue weighted by Gasteiger charge is 2.12. The molecule has 0 saturated heterocycles. The Morgan fingerprint density at radius 3 is 2.68 bits per heavy atom. The molecule has 2 heterocycles. The number of aryl methyl sites for hydroxylation is 1. The Bertz CT molecular complexity index is 886. The number of pyridine rings is 1. The number of carbonyl (C=O) groups excluding carboxylic acids is 1. The summed E-state index contributed by atoms with van der Waals surface area (Å²) in [6.07, 6.45) is 1.57. The molecule has 2 aromatic heterocycles. The normalized spacial score (nSPS) is 10.6. The Morgan fingerprint density at radius 1 is 1.20 bits per heavy atom. The molecule has 0 aliphatic carbocycles. The standard InChI is InChI=1S/C19H21N5O/c1-13-17(11-22-18-10-16(19(20)25)8-9-21-18)14(2)24(23-13)12-15-6-4-3-5-7-15/h3-10H,11-12H2,1-2H3,(H2,20,25)(H,21,22). The van der Waals surface area contributed by atoms with Crippen molar-refractivity contribution in [1.29, 1.82) is 0 Å². The van der Waals surface area contributed by atoms with Gasteiger partial charge < -0.3 is 11.1 Å². The van der Waals surface area contributed by atoms with Crippen LogP contribution in [0.2, 0.25) is 0 Å². The molecule has 1 aromatic carbocycles. The third kappa shape index (κ3) is 3.85. The zero-order valence-electron chi connectivity index (χ0n) is 14.4. The van der Waals surface area contributed by atoms with Gasteiger partial charge in [0.05, 0.1) is 12.2 Å². The predicted octanol–water partition coefficient (Wildman–Crippen LogP) is 2.65. The SMILES string of the molecule is Cc1nn(Cc2ccccc2)c(C)c1CNc1cc(C(N)=O)ccn1. The van der Waals surface area contributed by atoms with Gasteiger partial charge in [-0.3, -0.25) is 9.48 Å². The summed E-state index contributed by atoms with van der Waals surface area (Å²) in [6, 6.07) is 13.5. The molecule has 3 aromatic rings. The number of nitrogens with one attached hydrogen (secondary N) is 1. The summed E-state index contributed by atoms with van der Waals surface area (Å²) >= 11 is 0. The quantitative estimate of drug-likeness (QED) is 0.725. The van der Waals surface area contributed by atoms with Crippen molar-refractivity contribution in [3.63, 3.8) is 0 Å². The second-order valence-corrected chi connectivity index (χ2v) is 5.94. The number of aromatic nitrogens is 3. The van der Waals surface area contributed by atoms with Gasteiger partial charge in [-0.1, -0.05) is 30.3 Å². The van der Waals surface area contributed by atoms with E-state index in [1.165, 1.54) is 5.56 Å². The highest BCUT2D eigenvalue weighted by atomic mass is 16.1. The van der Waals surface area contributed by atoms with Crippen LogP contribution in [0.3, 0.4) is 0 Å². The first-order valence-corrected chi connectivity index (χ1v) is 8.11. The number of nitrogens with two attached hydrogens (primary N) is 1. The van der Waals surface area contributed by atoms with Gasteiger partial charge in [0.1, 0.15) is 5.82 Å². The molecule has 0 saturated carbocycles. The zero-order chi connectivity index (χ0) is 17.8. The first kappa shape index (κ1) is 16.7. The van der Waals surface area contributed by atoms with E-state index in [0.717, 1.165) is 23.5 Å². The number of rotatable bonds is 6. The van der Waals surface area contributed by atoms with Crippen LogP contribution in [-0.2, 0) is 13.1 Å². The average Bonchev–Trinajstić information content (AvgIpc) is 2.87. The number of amides is 1. The molecule has 6 nitrogen and oxygen atoms in total. The summed E-state index contributed by atoms with van der Waals surface area (Å²) in [6.45, 7) is 5.39. The van der Waals surface area contributed by atoms with E-state index >= 15 is 0 Å². The summed E-state index contributed by atoms with van der Waals surface area (Å²) in [7, 11) is 0. The lowest BCUT2D eigenvalue weighted by atomic mass is 10.2. The average molecular weight is 335 g/mol. The lowest BCUT2D eigenvalue weighted by molar-refractivity contribution is 0.1000.